The lowest BCUT2D eigenvalue weighted by Crippen LogP contribution is -2.66. The number of nitriles is 1. The molecule has 7 rings (SSSR count). The van der Waals surface area contributed by atoms with Crippen LogP contribution in [-0.4, -0.2) is 63.6 Å². The Morgan fingerprint density at radius 3 is 2.76 bits per heavy atom. The number of fused-ring (bicyclic) bond motifs is 2. The first kappa shape index (κ1) is 23.5. The number of likely N-dealkylation sites (N-methyl/N-ethyl adjacent to an activating group) is 1. The third-order valence-electron chi connectivity index (χ3n) is 10.9. The van der Waals surface area contributed by atoms with Gasteiger partial charge in [-0.05, 0) is 92.9 Å². The lowest BCUT2D eigenvalue weighted by Gasteiger charge is -2.61. The van der Waals surface area contributed by atoms with Crippen molar-refractivity contribution in [3.05, 3.63) is 59.8 Å². The molecule has 0 amide bonds. The number of hydrogen-bond donors (Lipinski definition) is 2. The third-order valence-corrected chi connectivity index (χ3v) is 10.9. The summed E-state index contributed by atoms with van der Waals surface area (Å²) in [6.07, 6.45) is 9.02. The molecule has 1 aromatic heterocycles. The smallest absolute Gasteiger partial charge is 0.105 e. The molecule has 2 saturated carbocycles. The summed E-state index contributed by atoms with van der Waals surface area (Å²) in [6, 6.07) is 13.2. The van der Waals surface area contributed by atoms with Gasteiger partial charge in [-0.15, -0.1) is 0 Å². The molecule has 0 radical (unpaired) electrons. The summed E-state index contributed by atoms with van der Waals surface area (Å²) in [4.78, 5) is 6.49. The van der Waals surface area contributed by atoms with Gasteiger partial charge in [0.05, 0.1) is 28.9 Å². The molecule has 192 valence electrons. The zero-order valence-corrected chi connectivity index (χ0v) is 21.8. The molecule has 2 N–H and O–H groups in total. The van der Waals surface area contributed by atoms with E-state index in [1.807, 2.05) is 31.3 Å². The zero-order chi connectivity index (χ0) is 25.8. The Labute approximate surface area is 218 Å². The second-order valence-electron chi connectivity index (χ2n) is 12.6. The highest BCUT2D eigenvalue weighted by atomic mass is 16.5. The van der Waals surface area contributed by atoms with Crippen LogP contribution in [0.5, 0.6) is 0 Å². The highest BCUT2D eigenvalue weighted by molar-refractivity contribution is 5.85. The van der Waals surface area contributed by atoms with Crippen LogP contribution in [0.3, 0.4) is 0 Å². The zero-order valence-electron chi connectivity index (χ0n) is 21.8. The molecule has 37 heavy (non-hydrogen) atoms. The van der Waals surface area contributed by atoms with Crippen molar-refractivity contribution in [3.63, 3.8) is 0 Å². The standard InChI is InChI=1S/C31H35N3O3/c1-28-10-11-29(18-32)16-22-26(35)27(36)24(34(2)3)17-30(22)12-13-31(29,37-30)25(28)9-7-21(28)19-6-8-23-20(15-19)5-4-14-33-23/h4-8,14-16,24-27,35-36H,9-13,17H2,1-3H3/t24-,25?,26+,27+,28+,29?,30+,31-/m0/s1. The third kappa shape index (κ3) is 2.81. The number of rotatable bonds is 2. The number of nitrogens with zero attached hydrogens (tertiary/aromatic N) is 3. The van der Waals surface area contributed by atoms with E-state index in [1.165, 1.54) is 11.1 Å². The Morgan fingerprint density at radius 1 is 1.14 bits per heavy atom. The second kappa shape index (κ2) is 7.51. The van der Waals surface area contributed by atoms with E-state index in [0.29, 0.717) is 12.8 Å². The van der Waals surface area contributed by atoms with Gasteiger partial charge >= 0.3 is 0 Å². The molecule has 1 aromatic carbocycles. The molecule has 3 fully saturated rings. The van der Waals surface area contributed by atoms with Crippen LogP contribution in [-0.2, 0) is 4.74 Å². The first-order valence-corrected chi connectivity index (χ1v) is 13.6. The number of allylic oxidation sites excluding steroid dienone is 2. The van der Waals surface area contributed by atoms with Crippen LogP contribution in [0.25, 0.3) is 16.5 Å². The van der Waals surface area contributed by atoms with E-state index in [9.17, 15) is 15.5 Å². The van der Waals surface area contributed by atoms with Crippen LogP contribution >= 0.6 is 0 Å². The van der Waals surface area contributed by atoms with Crippen LogP contribution in [0.2, 0.25) is 0 Å². The van der Waals surface area contributed by atoms with Crippen LogP contribution < -0.4 is 0 Å². The predicted molar refractivity (Wildman–Crippen MR) is 141 cm³/mol. The quantitative estimate of drug-likeness (QED) is 0.604. The second-order valence-corrected chi connectivity index (χ2v) is 12.6. The molecular weight excluding hydrogens is 462 g/mol. The fourth-order valence-electron chi connectivity index (χ4n) is 8.93. The van der Waals surface area contributed by atoms with Gasteiger partial charge in [-0.1, -0.05) is 31.2 Å². The van der Waals surface area contributed by atoms with Gasteiger partial charge < -0.3 is 19.8 Å². The first-order chi connectivity index (χ1) is 17.7. The van der Waals surface area contributed by atoms with Crippen molar-refractivity contribution in [2.24, 2.45) is 16.7 Å². The number of aromatic nitrogens is 1. The number of aliphatic hydroxyl groups excluding tert-OH is 2. The van der Waals surface area contributed by atoms with Crippen molar-refractivity contribution in [2.45, 2.75) is 74.9 Å². The van der Waals surface area contributed by atoms with Crippen molar-refractivity contribution >= 4 is 16.5 Å². The Hall–Kier alpha value is -2.56. The van der Waals surface area contributed by atoms with E-state index < -0.39 is 28.8 Å². The Morgan fingerprint density at radius 2 is 1.97 bits per heavy atom. The Bertz CT molecular complexity index is 1410. The molecule has 2 spiro atoms. The van der Waals surface area contributed by atoms with E-state index in [4.69, 9.17) is 4.74 Å². The first-order valence-electron chi connectivity index (χ1n) is 13.6. The van der Waals surface area contributed by atoms with Crippen LogP contribution in [0.4, 0.5) is 0 Å². The van der Waals surface area contributed by atoms with Gasteiger partial charge in [0.15, 0.2) is 0 Å². The highest BCUT2D eigenvalue weighted by Gasteiger charge is 2.74. The van der Waals surface area contributed by atoms with Crippen LogP contribution in [0.15, 0.2) is 54.3 Å². The van der Waals surface area contributed by atoms with Gasteiger partial charge in [0.25, 0.3) is 0 Å². The summed E-state index contributed by atoms with van der Waals surface area (Å²) in [7, 11) is 3.89. The van der Waals surface area contributed by atoms with E-state index in [1.54, 1.807) is 0 Å². The number of aliphatic hydroxyl groups is 2. The normalized spacial score (nSPS) is 44.0. The SMILES string of the molecule is CN(C)[C@H]1C[C@@]23CC[C@]4(O2)C2CC=C(c5ccc6ncccc6c5)[C@@]2(C)CCC4(C#N)C=C3[C@@H](O)[C@@H]1O. The van der Waals surface area contributed by atoms with Gasteiger partial charge in [-0.3, -0.25) is 4.98 Å². The van der Waals surface area contributed by atoms with Crippen molar-refractivity contribution < 1.29 is 14.9 Å². The van der Waals surface area contributed by atoms with E-state index in [0.717, 1.165) is 42.2 Å². The molecule has 3 heterocycles. The lowest BCUT2D eigenvalue weighted by molar-refractivity contribution is -0.223. The minimum atomic E-state index is -1.01. The maximum atomic E-state index is 11.3. The molecule has 8 atom stereocenters. The topological polar surface area (TPSA) is 89.6 Å². The molecule has 2 aliphatic heterocycles. The summed E-state index contributed by atoms with van der Waals surface area (Å²) in [5.74, 6) is 0.173. The van der Waals surface area contributed by atoms with E-state index >= 15 is 0 Å². The molecule has 6 heteroatoms. The fourth-order valence-corrected chi connectivity index (χ4v) is 8.93. The highest BCUT2D eigenvalue weighted by Crippen LogP contribution is 2.72. The average molecular weight is 498 g/mol. The summed E-state index contributed by atoms with van der Waals surface area (Å²) in [5, 5.41) is 34.1. The summed E-state index contributed by atoms with van der Waals surface area (Å²) < 4.78 is 7.28. The molecule has 1 saturated heterocycles. The molecule has 5 aliphatic rings. The summed E-state index contributed by atoms with van der Waals surface area (Å²) >= 11 is 0. The van der Waals surface area contributed by atoms with Crippen LogP contribution in [0, 0.1) is 28.1 Å². The maximum Gasteiger partial charge on any atom is 0.105 e. The van der Waals surface area contributed by atoms with Crippen molar-refractivity contribution in [2.75, 3.05) is 14.1 Å². The van der Waals surface area contributed by atoms with Crippen molar-refractivity contribution in [1.82, 2.24) is 9.88 Å². The van der Waals surface area contributed by atoms with Crippen LogP contribution in [0.1, 0.15) is 51.0 Å². The number of pyridine rings is 1. The number of ether oxygens (including phenoxy) is 1. The van der Waals surface area contributed by atoms with Gasteiger partial charge in [-0.2, -0.15) is 5.26 Å². The van der Waals surface area contributed by atoms with Gasteiger partial charge in [-0.25, -0.2) is 0 Å². The minimum absolute atomic E-state index is 0.110. The van der Waals surface area contributed by atoms with Gasteiger partial charge in [0.2, 0.25) is 0 Å². The molecule has 6 nitrogen and oxygen atoms in total. The Kier molecular flexibility index (Phi) is 4.78. The molecule has 2 bridgehead atoms. The van der Waals surface area contributed by atoms with Gasteiger partial charge in [0.1, 0.15) is 11.5 Å². The summed E-state index contributed by atoms with van der Waals surface area (Å²) in [6.45, 7) is 2.37. The fraction of sp³-hybridized carbons (Fsp3) is 0.548. The number of hydrogen-bond acceptors (Lipinski definition) is 6. The van der Waals surface area contributed by atoms with Crippen molar-refractivity contribution in [1.29, 1.82) is 5.26 Å². The van der Waals surface area contributed by atoms with Crippen molar-refractivity contribution in [3.8, 4) is 6.07 Å². The molecule has 2 unspecified atom stereocenters. The Balaban J connectivity index is 1.32. The molecule has 3 aliphatic carbocycles. The molecule has 2 aromatic rings. The minimum Gasteiger partial charge on any atom is -0.388 e. The predicted octanol–water partition coefficient (Wildman–Crippen LogP) is 4.23. The van der Waals surface area contributed by atoms with E-state index in [-0.39, 0.29) is 17.4 Å². The lowest BCUT2D eigenvalue weighted by atomic mass is 9.49. The summed E-state index contributed by atoms with van der Waals surface area (Å²) in [5.41, 5.74) is 2.19. The maximum absolute atomic E-state index is 11.3. The van der Waals surface area contributed by atoms with E-state index in [2.05, 4.69) is 54.4 Å². The number of benzene rings is 1. The average Bonchev–Trinajstić information content (AvgIpc) is 3.42. The van der Waals surface area contributed by atoms with Gasteiger partial charge in [0, 0.05) is 23.5 Å². The monoisotopic (exact) mass is 497 g/mol. The largest absolute Gasteiger partial charge is 0.388 e. The molecular formula is C31H35N3O3.